The van der Waals surface area contributed by atoms with Crippen LogP contribution in [0.5, 0.6) is 0 Å². The first-order valence-corrected chi connectivity index (χ1v) is 9.13. The second kappa shape index (κ2) is 10.8. The van der Waals surface area contributed by atoms with Crippen LogP contribution in [0.4, 0.5) is 0 Å². The van der Waals surface area contributed by atoms with Gasteiger partial charge in [0.2, 0.25) is 0 Å². The fourth-order valence-corrected chi connectivity index (χ4v) is 3.48. The third-order valence-corrected chi connectivity index (χ3v) is 4.84. The average molecular weight is 324 g/mol. The van der Waals surface area contributed by atoms with Crippen molar-refractivity contribution >= 4 is 5.57 Å². The molecule has 1 heteroatoms. The van der Waals surface area contributed by atoms with Crippen LogP contribution in [0.1, 0.15) is 64.1 Å². The fourth-order valence-electron chi connectivity index (χ4n) is 3.48. The van der Waals surface area contributed by atoms with E-state index in [0.29, 0.717) is 5.92 Å². The van der Waals surface area contributed by atoms with E-state index in [9.17, 15) is 0 Å². The molecule has 0 spiro atoms. The molecule has 0 saturated carbocycles. The van der Waals surface area contributed by atoms with Crippen LogP contribution < -0.4 is 0 Å². The molecule has 0 amide bonds. The molecule has 1 nitrogen and oxygen atoms in total. The predicted octanol–water partition coefficient (Wildman–Crippen LogP) is 6.91. The second-order valence-corrected chi connectivity index (χ2v) is 6.78. The van der Waals surface area contributed by atoms with Crippen LogP contribution in [0, 0.1) is 18.8 Å². The zero-order chi connectivity index (χ0) is 17.9. The van der Waals surface area contributed by atoms with Gasteiger partial charge < -0.3 is 0 Å². The molecule has 0 bridgehead atoms. The quantitative estimate of drug-likeness (QED) is 0.259. The molecule has 0 fully saturated rings. The normalized spacial score (nSPS) is 14.3. The molecule has 0 aliphatic carbocycles. The van der Waals surface area contributed by atoms with Gasteiger partial charge in [0.05, 0.1) is 0 Å². The van der Waals surface area contributed by atoms with Crippen molar-refractivity contribution < 1.29 is 0 Å². The molecule has 0 radical (unpaired) electrons. The van der Waals surface area contributed by atoms with Crippen LogP contribution in [0.2, 0.25) is 0 Å². The van der Waals surface area contributed by atoms with Gasteiger partial charge in [-0.05, 0) is 62.7 Å². The Morgan fingerprint density at radius 2 is 2.12 bits per heavy atom. The van der Waals surface area contributed by atoms with Crippen molar-refractivity contribution in [2.75, 3.05) is 0 Å². The third kappa shape index (κ3) is 5.98. The van der Waals surface area contributed by atoms with Crippen molar-refractivity contribution in [1.82, 2.24) is 4.98 Å². The Kier molecular flexibility index (Phi) is 9.12. The third-order valence-electron chi connectivity index (χ3n) is 4.84. The molecule has 130 valence electrons. The lowest BCUT2D eigenvalue weighted by Crippen LogP contribution is -2.12. The molecule has 0 aliphatic heterocycles. The average Bonchev–Trinajstić information content (AvgIpc) is 2.57. The molecular weight excluding hydrogens is 290 g/mol. The van der Waals surface area contributed by atoms with E-state index in [1.165, 1.54) is 36.0 Å². The lowest BCUT2D eigenvalue weighted by Gasteiger charge is -2.24. The Morgan fingerprint density at radius 1 is 1.38 bits per heavy atom. The van der Waals surface area contributed by atoms with Gasteiger partial charge in [0.1, 0.15) is 0 Å². The minimum atomic E-state index is 0.662. The maximum absolute atomic E-state index is 4.44. The highest BCUT2D eigenvalue weighted by Crippen LogP contribution is 2.32. The van der Waals surface area contributed by atoms with Crippen molar-refractivity contribution in [2.24, 2.45) is 11.8 Å². The van der Waals surface area contributed by atoms with Crippen molar-refractivity contribution in [3.05, 3.63) is 66.2 Å². The smallest absolute Gasteiger partial charge is 0.0451 e. The summed E-state index contributed by atoms with van der Waals surface area (Å²) < 4.78 is 0. The molecule has 0 N–H and O–H groups in total. The first-order valence-electron chi connectivity index (χ1n) is 9.13. The number of aromatic nitrogens is 1. The Labute approximate surface area is 148 Å². The van der Waals surface area contributed by atoms with Gasteiger partial charge in [-0.2, -0.15) is 0 Å². The van der Waals surface area contributed by atoms with Crippen LogP contribution >= 0.6 is 0 Å². The topological polar surface area (TPSA) is 12.9 Å². The largest absolute Gasteiger partial charge is 0.261 e. The molecule has 0 aliphatic rings. The van der Waals surface area contributed by atoms with Gasteiger partial charge in [-0.25, -0.2) is 0 Å². The molecule has 1 aromatic rings. The second-order valence-electron chi connectivity index (χ2n) is 6.78. The Morgan fingerprint density at radius 3 is 2.71 bits per heavy atom. The number of hydrogen-bond acceptors (Lipinski definition) is 1. The molecular formula is C23H33N. The predicted molar refractivity (Wildman–Crippen MR) is 107 cm³/mol. The number of allylic oxidation sites excluding steroid dienone is 4. The zero-order valence-corrected chi connectivity index (χ0v) is 15.9. The minimum absolute atomic E-state index is 0.662. The summed E-state index contributed by atoms with van der Waals surface area (Å²) >= 11 is 0. The van der Waals surface area contributed by atoms with Crippen molar-refractivity contribution in [3.63, 3.8) is 0 Å². The van der Waals surface area contributed by atoms with Crippen molar-refractivity contribution in [3.8, 4) is 0 Å². The van der Waals surface area contributed by atoms with Crippen LogP contribution in [0.3, 0.4) is 0 Å². The van der Waals surface area contributed by atoms with Gasteiger partial charge in [-0.3, -0.25) is 4.98 Å². The molecule has 1 aromatic heterocycles. The maximum atomic E-state index is 4.44. The van der Waals surface area contributed by atoms with Crippen LogP contribution in [0.15, 0.2) is 54.9 Å². The van der Waals surface area contributed by atoms with E-state index in [0.717, 1.165) is 24.5 Å². The monoisotopic (exact) mass is 323 g/mol. The molecule has 24 heavy (non-hydrogen) atoms. The number of hydrogen-bond donors (Lipinski definition) is 0. The standard InChI is InChI=1S/C23H33N/c1-7-10-14-21(12-8-2)18(4)17-19(5)22(13-9-3)23-15-11-16-24-20(23)6/h7,11,13,15-16,18,21H,1,3,8,10,12,14,17H2,2,4-6H3/b22-19-. The fraction of sp³-hybridized carbons (Fsp3) is 0.478. The van der Waals surface area contributed by atoms with Crippen molar-refractivity contribution in [1.29, 1.82) is 0 Å². The van der Waals surface area contributed by atoms with Crippen molar-refractivity contribution in [2.45, 2.75) is 59.8 Å². The Bertz CT molecular complexity index is 602. The number of aryl methyl sites for hydroxylation is 1. The minimum Gasteiger partial charge on any atom is -0.261 e. The highest BCUT2D eigenvalue weighted by molar-refractivity contribution is 5.77. The van der Waals surface area contributed by atoms with Gasteiger partial charge in [-0.1, -0.05) is 51.0 Å². The first-order chi connectivity index (χ1) is 11.5. The maximum Gasteiger partial charge on any atom is 0.0451 e. The van der Waals surface area contributed by atoms with E-state index in [2.05, 4.69) is 57.6 Å². The van der Waals surface area contributed by atoms with E-state index in [1.54, 1.807) is 0 Å². The van der Waals surface area contributed by atoms with Gasteiger partial charge in [0.25, 0.3) is 0 Å². The van der Waals surface area contributed by atoms with Gasteiger partial charge in [0.15, 0.2) is 0 Å². The van der Waals surface area contributed by atoms with Crippen LogP contribution in [-0.4, -0.2) is 4.98 Å². The number of pyridine rings is 1. The van der Waals surface area contributed by atoms with E-state index in [-0.39, 0.29) is 0 Å². The number of rotatable bonds is 10. The van der Waals surface area contributed by atoms with E-state index < -0.39 is 0 Å². The van der Waals surface area contributed by atoms with E-state index in [1.807, 2.05) is 24.4 Å². The SMILES string of the molecule is C=C=C/C(=C(\C)CC(C)C(CCC)CCC=C)c1cccnc1C. The molecule has 2 atom stereocenters. The molecule has 1 heterocycles. The van der Waals surface area contributed by atoms with Crippen LogP contribution in [-0.2, 0) is 0 Å². The highest BCUT2D eigenvalue weighted by Gasteiger charge is 2.18. The van der Waals surface area contributed by atoms with E-state index in [4.69, 9.17) is 0 Å². The van der Waals surface area contributed by atoms with Gasteiger partial charge >= 0.3 is 0 Å². The lowest BCUT2D eigenvalue weighted by atomic mass is 9.81. The molecule has 0 saturated heterocycles. The first kappa shape index (κ1) is 20.2. The number of nitrogens with zero attached hydrogens (tertiary/aromatic N) is 1. The molecule has 1 rings (SSSR count). The zero-order valence-electron chi connectivity index (χ0n) is 15.9. The molecule has 2 unspecified atom stereocenters. The van der Waals surface area contributed by atoms with Crippen LogP contribution in [0.25, 0.3) is 5.57 Å². The summed E-state index contributed by atoms with van der Waals surface area (Å²) in [5.74, 6) is 1.42. The summed E-state index contributed by atoms with van der Waals surface area (Å²) in [6, 6.07) is 4.14. The summed E-state index contributed by atoms with van der Waals surface area (Å²) in [6.45, 7) is 16.6. The molecule has 0 aromatic carbocycles. The van der Waals surface area contributed by atoms with Gasteiger partial charge in [0, 0.05) is 17.5 Å². The summed E-state index contributed by atoms with van der Waals surface area (Å²) in [7, 11) is 0. The lowest BCUT2D eigenvalue weighted by molar-refractivity contribution is 0.312. The summed E-state index contributed by atoms with van der Waals surface area (Å²) in [6.07, 6.45) is 11.9. The van der Waals surface area contributed by atoms with Gasteiger partial charge in [-0.15, -0.1) is 12.3 Å². The van der Waals surface area contributed by atoms with E-state index >= 15 is 0 Å². The summed E-state index contributed by atoms with van der Waals surface area (Å²) in [5.41, 5.74) is 7.83. The summed E-state index contributed by atoms with van der Waals surface area (Å²) in [5, 5.41) is 0. The summed E-state index contributed by atoms with van der Waals surface area (Å²) in [4.78, 5) is 4.44. The highest BCUT2D eigenvalue weighted by atomic mass is 14.7. The Hall–Kier alpha value is -1.85. The Balaban J connectivity index is 3.06.